The Labute approximate surface area is 154 Å². The average molecular weight is 379 g/mol. The van der Waals surface area contributed by atoms with Gasteiger partial charge in [-0.25, -0.2) is 13.6 Å². The molecule has 26 heavy (non-hydrogen) atoms. The molecule has 0 radical (unpaired) electrons. The Morgan fingerprint density at radius 2 is 1.92 bits per heavy atom. The Morgan fingerprint density at radius 1 is 1.23 bits per heavy atom. The number of amides is 1. The lowest BCUT2D eigenvalue weighted by atomic mass is 10.1. The molecule has 2 rings (SSSR count). The van der Waals surface area contributed by atoms with Gasteiger partial charge in [-0.15, -0.1) is 0 Å². The number of primary sulfonamides is 1. The van der Waals surface area contributed by atoms with E-state index in [9.17, 15) is 13.2 Å². The van der Waals surface area contributed by atoms with Gasteiger partial charge in [-0.3, -0.25) is 9.69 Å². The Balaban J connectivity index is 2.21. The van der Waals surface area contributed by atoms with Crippen molar-refractivity contribution in [2.24, 2.45) is 5.14 Å². The molecule has 2 aromatic rings. The zero-order chi connectivity index (χ0) is 19.3. The number of nitrogens with one attached hydrogen (secondary N) is 1. The van der Waals surface area contributed by atoms with E-state index >= 15 is 0 Å². The SMILES string of the molecule is CCN(CC)[C@@H](CNC(=O)c1cccc(S(N)(=O)=O)c1C)c1ccco1. The van der Waals surface area contributed by atoms with Crippen molar-refractivity contribution < 1.29 is 17.6 Å². The van der Waals surface area contributed by atoms with Gasteiger partial charge in [0.25, 0.3) is 5.91 Å². The van der Waals surface area contributed by atoms with Gasteiger partial charge in [-0.2, -0.15) is 0 Å². The van der Waals surface area contributed by atoms with Crippen LogP contribution in [0.25, 0.3) is 0 Å². The van der Waals surface area contributed by atoms with Gasteiger partial charge in [0, 0.05) is 12.1 Å². The first-order valence-corrected chi connectivity index (χ1v) is 10.0. The minimum absolute atomic E-state index is 0.0449. The van der Waals surface area contributed by atoms with E-state index in [0.717, 1.165) is 18.8 Å². The fraction of sp³-hybridized carbons (Fsp3) is 0.389. The number of nitrogens with zero attached hydrogens (tertiary/aromatic N) is 1. The number of hydrogen-bond donors (Lipinski definition) is 2. The number of sulfonamides is 1. The summed E-state index contributed by atoms with van der Waals surface area (Å²) >= 11 is 0. The number of nitrogens with two attached hydrogens (primary N) is 1. The van der Waals surface area contributed by atoms with Crippen LogP contribution in [0.4, 0.5) is 0 Å². The normalized spacial score (nSPS) is 13.0. The first kappa shape index (κ1) is 20.2. The molecule has 0 spiro atoms. The Bertz CT molecular complexity index is 843. The molecule has 0 fully saturated rings. The number of carbonyl (C=O) groups excluding carboxylic acids is 1. The van der Waals surface area contributed by atoms with Crippen molar-refractivity contribution in [2.75, 3.05) is 19.6 Å². The molecule has 8 heteroatoms. The van der Waals surface area contributed by atoms with Gasteiger partial charge < -0.3 is 9.73 Å². The summed E-state index contributed by atoms with van der Waals surface area (Å²) in [7, 11) is -3.88. The van der Waals surface area contributed by atoms with Crippen molar-refractivity contribution >= 4 is 15.9 Å². The second-order valence-corrected chi connectivity index (χ2v) is 7.47. The van der Waals surface area contributed by atoms with Gasteiger partial charge in [0.1, 0.15) is 5.76 Å². The van der Waals surface area contributed by atoms with Gasteiger partial charge in [0.2, 0.25) is 10.0 Å². The Hall–Kier alpha value is -2.16. The highest BCUT2D eigenvalue weighted by atomic mass is 32.2. The lowest BCUT2D eigenvalue weighted by molar-refractivity contribution is 0.0929. The molecule has 1 amide bonds. The van der Waals surface area contributed by atoms with Crippen LogP contribution in [0.3, 0.4) is 0 Å². The second-order valence-electron chi connectivity index (χ2n) is 5.94. The summed E-state index contributed by atoms with van der Waals surface area (Å²) in [6, 6.07) is 8.07. The summed E-state index contributed by atoms with van der Waals surface area (Å²) in [4.78, 5) is 14.8. The Morgan fingerprint density at radius 3 is 2.46 bits per heavy atom. The lowest BCUT2D eigenvalue weighted by Crippen LogP contribution is -2.38. The van der Waals surface area contributed by atoms with Crippen LogP contribution in [0.15, 0.2) is 45.9 Å². The van der Waals surface area contributed by atoms with Crippen LogP contribution in [-0.4, -0.2) is 38.9 Å². The van der Waals surface area contributed by atoms with Crippen molar-refractivity contribution in [1.29, 1.82) is 0 Å². The minimum atomic E-state index is -3.88. The van der Waals surface area contributed by atoms with E-state index in [-0.39, 0.29) is 22.4 Å². The molecular formula is C18H25N3O4S. The molecule has 142 valence electrons. The largest absolute Gasteiger partial charge is 0.468 e. The molecule has 3 N–H and O–H groups in total. The highest BCUT2D eigenvalue weighted by molar-refractivity contribution is 7.89. The van der Waals surface area contributed by atoms with Gasteiger partial charge >= 0.3 is 0 Å². The molecule has 0 aliphatic carbocycles. The van der Waals surface area contributed by atoms with E-state index in [0.29, 0.717) is 12.1 Å². The molecule has 0 saturated heterocycles. The van der Waals surface area contributed by atoms with E-state index in [2.05, 4.69) is 10.2 Å². The van der Waals surface area contributed by atoms with E-state index in [1.807, 2.05) is 26.0 Å². The smallest absolute Gasteiger partial charge is 0.251 e. The maximum absolute atomic E-state index is 12.6. The van der Waals surface area contributed by atoms with Crippen molar-refractivity contribution in [1.82, 2.24) is 10.2 Å². The second kappa shape index (κ2) is 8.48. The van der Waals surface area contributed by atoms with Crippen LogP contribution in [0.1, 0.15) is 41.6 Å². The maximum atomic E-state index is 12.6. The van der Waals surface area contributed by atoms with Crippen molar-refractivity contribution in [3.8, 4) is 0 Å². The van der Waals surface area contributed by atoms with Crippen LogP contribution in [-0.2, 0) is 10.0 Å². The summed E-state index contributed by atoms with van der Waals surface area (Å²) < 4.78 is 28.8. The van der Waals surface area contributed by atoms with Gasteiger partial charge in [0.15, 0.2) is 0 Å². The molecule has 0 bridgehead atoms. The topological polar surface area (TPSA) is 106 Å². The number of furan rings is 1. The summed E-state index contributed by atoms with van der Waals surface area (Å²) in [6.45, 7) is 7.60. The molecular weight excluding hydrogens is 354 g/mol. The maximum Gasteiger partial charge on any atom is 0.251 e. The monoisotopic (exact) mass is 379 g/mol. The van der Waals surface area contributed by atoms with Gasteiger partial charge in [0.05, 0.1) is 17.2 Å². The van der Waals surface area contributed by atoms with Gasteiger partial charge in [-0.1, -0.05) is 19.9 Å². The molecule has 1 aromatic heterocycles. The number of rotatable bonds is 8. The van der Waals surface area contributed by atoms with E-state index in [1.54, 1.807) is 19.3 Å². The third kappa shape index (κ3) is 4.51. The summed E-state index contributed by atoms with van der Waals surface area (Å²) in [5, 5.41) is 8.09. The Kier molecular flexibility index (Phi) is 6.57. The predicted molar refractivity (Wildman–Crippen MR) is 99.3 cm³/mol. The lowest BCUT2D eigenvalue weighted by Gasteiger charge is -2.28. The van der Waals surface area contributed by atoms with Crippen molar-refractivity contribution in [3.05, 3.63) is 53.5 Å². The number of carbonyl (C=O) groups is 1. The quantitative estimate of drug-likeness (QED) is 0.730. The van der Waals surface area contributed by atoms with Gasteiger partial charge in [-0.05, 0) is 49.8 Å². The van der Waals surface area contributed by atoms with Crippen LogP contribution in [0, 0.1) is 6.92 Å². The predicted octanol–water partition coefficient (Wildman–Crippen LogP) is 2.05. The third-order valence-corrected chi connectivity index (χ3v) is 5.47. The molecule has 0 saturated carbocycles. The number of likely N-dealkylation sites (N-methyl/N-ethyl adjacent to an activating group) is 1. The molecule has 1 heterocycles. The molecule has 1 atom stereocenters. The van der Waals surface area contributed by atoms with Crippen molar-refractivity contribution in [2.45, 2.75) is 31.7 Å². The average Bonchev–Trinajstić information content (AvgIpc) is 3.11. The standard InChI is InChI=1S/C18H25N3O4S/c1-4-21(5-2)15(16-9-7-11-25-16)12-20-18(22)14-8-6-10-17(13(14)3)26(19,23)24/h6-11,15H,4-5,12H2,1-3H3,(H,20,22)(H2,19,23,24)/t15-/m0/s1. The van der Waals surface area contributed by atoms with E-state index < -0.39 is 10.0 Å². The van der Waals surface area contributed by atoms with Crippen LogP contribution >= 0.6 is 0 Å². The molecule has 1 aromatic carbocycles. The first-order chi connectivity index (χ1) is 12.3. The minimum Gasteiger partial charge on any atom is -0.468 e. The zero-order valence-electron chi connectivity index (χ0n) is 15.2. The summed E-state index contributed by atoms with van der Waals surface area (Å²) in [5.41, 5.74) is 0.624. The third-order valence-electron chi connectivity index (χ3n) is 4.42. The molecule has 7 nitrogen and oxygen atoms in total. The van der Waals surface area contributed by atoms with E-state index in [1.165, 1.54) is 12.1 Å². The van der Waals surface area contributed by atoms with Crippen LogP contribution in [0.5, 0.6) is 0 Å². The fourth-order valence-electron chi connectivity index (χ4n) is 3.01. The van der Waals surface area contributed by atoms with E-state index in [4.69, 9.17) is 9.56 Å². The first-order valence-electron chi connectivity index (χ1n) is 8.47. The highest BCUT2D eigenvalue weighted by Gasteiger charge is 2.23. The molecule has 0 aliphatic rings. The molecule has 0 aliphatic heterocycles. The highest BCUT2D eigenvalue weighted by Crippen LogP contribution is 2.21. The van der Waals surface area contributed by atoms with Crippen molar-refractivity contribution in [3.63, 3.8) is 0 Å². The summed E-state index contributed by atoms with van der Waals surface area (Å²) in [6.07, 6.45) is 1.60. The fourth-order valence-corrected chi connectivity index (χ4v) is 3.81. The van der Waals surface area contributed by atoms with Crippen LogP contribution in [0.2, 0.25) is 0 Å². The summed E-state index contributed by atoms with van der Waals surface area (Å²) in [5.74, 6) is 0.417. The van der Waals surface area contributed by atoms with Crippen LogP contribution < -0.4 is 10.5 Å². The molecule has 0 unspecified atom stereocenters. The number of benzene rings is 1. The number of hydrogen-bond acceptors (Lipinski definition) is 5. The zero-order valence-corrected chi connectivity index (χ0v) is 16.0.